The average molecular weight is 200 g/mol. The van der Waals surface area contributed by atoms with Crippen LogP contribution >= 0.6 is 0 Å². The van der Waals surface area contributed by atoms with Crippen LogP contribution in [0.1, 0.15) is 46.0 Å². The molecule has 1 aliphatic rings. The van der Waals surface area contributed by atoms with E-state index in [1.165, 1.54) is 0 Å². The molecule has 0 aromatic rings. The number of aliphatic hydroxyl groups excluding tert-OH is 1. The maximum absolute atomic E-state index is 11.1. The molecule has 0 aromatic heterocycles. The van der Waals surface area contributed by atoms with E-state index >= 15 is 0 Å². The van der Waals surface area contributed by atoms with Crippen molar-refractivity contribution in [2.24, 2.45) is 5.92 Å². The standard InChI is InChI=1S/C11H20O3/c1-3-4-9(12)7-10-5-8(2)6-11(13)14-10/h8-10,12H,3-7H2,1-2H3. The van der Waals surface area contributed by atoms with Crippen LogP contribution in [-0.2, 0) is 9.53 Å². The van der Waals surface area contributed by atoms with Gasteiger partial charge in [0.2, 0.25) is 0 Å². The van der Waals surface area contributed by atoms with Crippen LogP contribution in [0.25, 0.3) is 0 Å². The molecule has 0 spiro atoms. The molecule has 1 N–H and O–H groups in total. The van der Waals surface area contributed by atoms with Crippen molar-refractivity contribution in [3.05, 3.63) is 0 Å². The van der Waals surface area contributed by atoms with E-state index < -0.39 is 0 Å². The zero-order chi connectivity index (χ0) is 10.6. The molecule has 3 nitrogen and oxygen atoms in total. The number of carbonyl (C=O) groups excluding carboxylic acids is 1. The van der Waals surface area contributed by atoms with Crippen molar-refractivity contribution in [1.82, 2.24) is 0 Å². The lowest BCUT2D eigenvalue weighted by Crippen LogP contribution is -2.31. The second-order valence-electron chi connectivity index (χ2n) is 4.34. The summed E-state index contributed by atoms with van der Waals surface area (Å²) >= 11 is 0. The van der Waals surface area contributed by atoms with Crippen LogP contribution in [0.4, 0.5) is 0 Å². The lowest BCUT2D eigenvalue weighted by molar-refractivity contribution is -0.158. The normalized spacial score (nSPS) is 29.8. The summed E-state index contributed by atoms with van der Waals surface area (Å²) < 4.78 is 5.17. The minimum absolute atomic E-state index is 0.0622. The van der Waals surface area contributed by atoms with Gasteiger partial charge in [-0.05, 0) is 18.8 Å². The van der Waals surface area contributed by atoms with E-state index in [-0.39, 0.29) is 18.2 Å². The quantitative estimate of drug-likeness (QED) is 0.705. The highest BCUT2D eigenvalue weighted by Gasteiger charge is 2.27. The molecule has 1 saturated heterocycles. The van der Waals surface area contributed by atoms with E-state index in [0.717, 1.165) is 19.3 Å². The molecule has 0 amide bonds. The molecule has 82 valence electrons. The number of cyclic esters (lactones) is 1. The maximum Gasteiger partial charge on any atom is 0.306 e. The van der Waals surface area contributed by atoms with E-state index in [1.54, 1.807) is 0 Å². The highest BCUT2D eigenvalue weighted by Crippen LogP contribution is 2.24. The van der Waals surface area contributed by atoms with Crippen LogP contribution in [0.3, 0.4) is 0 Å². The smallest absolute Gasteiger partial charge is 0.306 e. The predicted molar refractivity (Wildman–Crippen MR) is 53.8 cm³/mol. The third-order valence-electron chi connectivity index (χ3n) is 2.64. The molecule has 0 bridgehead atoms. The van der Waals surface area contributed by atoms with Crippen molar-refractivity contribution in [3.63, 3.8) is 0 Å². The Morgan fingerprint density at radius 2 is 2.36 bits per heavy atom. The summed E-state index contributed by atoms with van der Waals surface area (Å²) in [5.74, 6) is 0.285. The summed E-state index contributed by atoms with van der Waals surface area (Å²) in [7, 11) is 0. The Kier molecular flexibility index (Phi) is 4.39. The summed E-state index contributed by atoms with van der Waals surface area (Å²) in [5.41, 5.74) is 0. The van der Waals surface area contributed by atoms with Gasteiger partial charge in [-0.3, -0.25) is 4.79 Å². The first-order chi connectivity index (χ1) is 6.61. The second kappa shape index (κ2) is 5.35. The molecule has 3 atom stereocenters. The van der Waals surface area contributed by atoms with E-state index in [0.29, 0.717) is 18.8 Å². The van der Waals surface area contributed by atoms with Crippen LogP contribution in [0.15, 0.2) is 0 Å². The first kappa shape index (κ1) is 11.5. The zero-order valence-electron chi connectivity index (χ0n) is 9.03. The molecular weight excluding hydrogens is 180 g/mol. The number of esters is 1. The fraction of sp³-hybridized carbons (Fsp3) is 0.909. The lowest BCUT2D eigenvalue weighted by atomic mass is 9.93. The van der Waals surface area contributed by atoms with Gasteiger partial charge >= 0.3 is 5.97 Å². The first-order valence-electron chi connectivity index (χ1n) is 5.49. The topological polar surface area (TPSA) is 46.5 Å². The summed E-state index contributed by atoms with van der Waals surface area (Å²) in [6.45, 7) is 4.10. The van der Waals surface area contributed by atoms with E-state index in [9.17, 15) is 9.90 Å². The molecule has 3 unspecified atom stereocenters. The SMILES string of the molecule is CCCC(O)CC1CC(C)CC(=O)O1. The van der Waals surface area contributed by atoms with Crippen LogP contribution < -0.4 is 0 Å². The average Bonchev–Trinajstić information content (AvgIpc) is 2.01. The molecule has 3 heteroatoms. The Hall–Kier alpha value is -0.570. The Labute approximate surface area is 85.5 Å². The molecule has 1 fully saturated rings. The molecule has 1 rings (SSSR count). The summed E-state index contributed by atoms with van der Waals surface area (Å²) in [6.07, 6.45) is 3.41. The van der Waals surface area contributed by atoms with Crippen LogP contribution in [0, 0.1) is 5.92 Å². The summed E-state index contributed by atoms with van der Waals surface area (Å²) in [4.78, 5) is 11.1. The highest BCUT2D eigenvalue weighted by atomic mass is 16.5. The zero-order valence-corrected chi connectivity index (χ0v) is 9.03. The second-order valence-corrected chi connectivity index (χ2v) is 4.34. The molecule has 0 aromatic carbocycles. The largest absolute Gasteiger partial charge is 0.462 e. The van der Waals surface area contributed by atoms with Crippen molar-refractivity contribution >= 4 is 5.97 Å². The molecule has 0 aliphatic carbocycles. The minimum Gasteiger partial charge on any atom is -0.462 e. The Morgan fingerprint density at radius 3 is 2.93 bits per heavy atom. The van der Waals surface area contributed by atoms with Crippen molar-refractivity contribution in [1.29, 1.82) is 0 Å². The van der Waals surface area contributed by atoms with Crippen molar-refractivity contribution in [2.45, 2.75) is 58.2 Å². The Morgan fingerprint density at radius 1 is 1.64 bits per heavy atom. The number of aliphatic hydroxyl groups is 1. The Bertz CT molecular complexity index is 191. The van der Waals surface area contributed by atoms with Gasteiger partial charge in [0.1, 0.15) is 6.10 Å². The number of hydrogen-bond acceptors (Lipinski definition) is 3. The molecule has 0 saturated carbocycles. The van der Waals surface area contributed by atoms with Crippen molar-refractivity contribution in [3.8, 4) is 0 Å². The van der Waals surface area contributed by atoms with Crippen LogP contribution in [0.2, 0.25) is 0 Å². The van der Waals surface area contributed by atoms with Crippen LogP contribution in [0.5, 0.6) is 0 Å². The third kappa shape index (κ3) is 3.66. The predicted octanol–water partition coefficient (Wildman–Crippen LogP) is 1.88. The molecule has 0 radical (unpaired) electrons. The van der Waals surface area contributed by atoms with E-state index in [4.69, 9.17) is 4.74 Å². The molecule has 1 aliphatic heterocycles. The van der Waals surface area contributed by atoms with Crippen molar-refractivity contribution < 1.29 is 14.6 Å². The van der Waals surface area contributed by atoms with Crippen LogP contribution in [-0.4, -0.2) is 23.3 Å². The van der Waals surface area contributed by atoms with Gasteiger partial charge in [-0.25, -0.2) is 0 Å². The first-order valence-corrected chi connectivity index (χ1v) is 5.49. The summed E-state index contributed by atoms with van der Waals surface area (Å²) in [6, 6.07) is 0. The molecular formula is C11H20O3. The van der Waals surface area contributed by atoms with Gasteiger partial charge < -0.3 is 9.84 Å². The van der Waals surface area contributed by atoms with Gasteiger partial charge in [-0.15, -0.1) is 0 Å². The number of ether oxygens (including phenoxy) is 1. The van der Waals surface area contributed by atoms with Gasteiger partial charge in [0, 0.05) is 12.8 Å². The van der Waals surface area contributed by atoms with Gasteiger partial charge in [0.25, 0.3) is 0 Å². The van der Waals surface area contributed by atoms with Gasteiger partial charge in [-0.2, -0.15) is 0 Å². The summed E-state index contributed by atoms with van der Waals surface area (Å²) in [5, 5.41) is 9.58. The number of rotatable bonds is 4. The fourth-order valence-corrected chi connectivity index (χ4v) is 2.00. The van der Waals surface area contributed by atoms with Crippen molar-refractivity contribution in [2.75, 3.05) is 0 Å². The monoisotopic (exact) mass is 200 g/mol. The number of hydrogen-bond donors (Lipinski definition) is 1. The van der Waals surface area contributed by atoms with E-state index in [1.807, 2.05) is 6.92 Å². The number of carbonyl (C=O) groups is 1. The molecule has 1 heterocycles. The minimum atomic E-state index is -0.317. The lowest BCUT2D eigenvalue weighted by Gasteiger charge is -2.28. The van der Waals surface area contributed by atoms with Gasteiger partial charge in [-0.1, -0.05) is 20.3 Å². The van der Waals surface area contributed by atoms with Gasteiger partial charge in [0.05, 0.1) is 6.10 Å². The third-order valence-corrected chi connectivity index (χ3v) is 2.64. The van der Waals surface area contributed by atoms with E-state index in [2.05, 4.69) is 6.92 Å². The highest BCUT2D eigenvalue weighted by molar-refractivity contribution is 5.70. The fourth-order valence-electron chi connectivity index (χ4n) is 2.00. The molecule has 14 heavy (non-hydrogen) atoms. The Balaban J connectivity index is 2.32. The maximum atomic E-state index is 11.1. The van der Waals surface area contributed by atoms with Gasteiger partial charge in [0.15, 0.2) is 0 Å².